The van der Waals surface area contributed by atoms with Gasteiger partial charge in [-0.3, -0.25) is 4.79 Å². The standard InChI is InChI=1S/C11H19NO3/c1-6-7-9(13)12-8(2)10(14)15-11(3,4)5/h6,8H,1,7H2,2-5H3,(H,12,13)/t8-/m0/s1. The Morgan fingerprint density at radius 1 is 1.47 bits per heavy atom. The molecule has 0 rings (SSSR count). The molecule has 1 amide bonds. The van der Waals surface area contributed by atoms with Crippen molar-refractivity contribution in [2.75, 3.05) is 0 Å². The molecule has 4 heteroatoms. The summed E-state index contributed by atoms with van der Waals surface area (Å²) in [7, 11) is 0. The van der Waals surface area contributed by atoms with Gasteiger partial charge in [0.25, 0.3) is 0 Å². The summed E-state index contributed by atoms with van der Waals surface area (Å²) in [6, 6.07) is -0.628. The van der Waals surface area contributed by atoms with E-state index in [-0.39, 0.29) is 12.3 Å². The first-order valence-electron chi connectivity index (χ1n) is 4.89. The van der Waals surface area contributed by atoms with Crippen molar-refractivity contribution in [2.45, 2.75) is 45.8 Å². The highest BCUT2D eigenvalue weighted by Gasteiger charge is 2.22. The lowest BCUT2D eigenvalue weighted by molar-refractivity contribution is -0.158. The zero-order chi connectivity index (χ0) is 12.1. The van der Waals surface area contributed by atoms with E-state index in [1.54, 1.807) is 27.7 Å². The van der Waals surface area contributed by atoms with Crippen molar-refractivity contribution in [2.24, 2.45) is 0 Å². The molecule has 0 saturated heterocycles. The Labute approximate surface area is 90.7 Å². The molecule has 0 aliphatic heterocycles. The summed E-state index contributed by atoms with van der Waals surface area (Å²) in [5.74, 6) is -0.664. The smallest absolute Gasteiger partial charge is 0.328 e. The van der Waals surface area contributed by atoms with E-state index in [9.17, 15) is 9.59 Å². The molecule has 0 heterocycles. The van der Waals surface area contributed by atoms with Crippen LogP contribution in [0.1, 0.15) is 34.1 Å². The quantitative estimate of drug-likeness (QED) is 0.567. The fraction of sp³-hybridized carbons (Fsp3) is 0.636. The van der Waals surface area contributed by atoms with Gasteiger partial charge in [-0.2, -0.15) is 0 Å². The van der Waals surface area contributed by atoms with Gasteiger partial charge in [0, 0.05) is 6.42 Å². The number of rotatable bonds is 4. The molecule has 0 unspecified atom stereocenters. The number of carbonyl (C=O) groups is 2. The number of hydrogen-bond acceptors (Lipinski definition) is 3. The molecular formula is C11H19NO3. The van der Waals surface area contributed by atoms with Gasteiger partial charge in [-0.15, -0.1) is 6.58 Å². The Hall–Kier alpha value is -1.32. The maximum absolute atomic E-state index is 11.4. The Morgan fingerprint density at radius 2 is 2.00 bits per heavy atom. The summed E-state index contributed by atoms with van der Waals surface area (Å²) in [6.07, 6.45) is 1.68. The monoisotopic (exact) mass is 213 g/mol. The fourth-order valence-electron chi connectivity index (χ4n) is 0.881. The second kappa shape index (κ2) is 5.53. The number of carbonyl (C=O) groups excluding carboxylic acids is 2. The van der Waals surface area contributed by atoms with Crippen molar-refractivity contribution in [3.05, 3.63) is 12.7 Å². The minimum Gasteiger partial charge on any atom is -0.458 e. The van der Waals surface area contributed by atoms with E-state index >= 15 is 0 Å². The molecule has 0 bridgehead atoms. The predicted molar refractivity (Wildman–Crippen MR) is 58.3 cm³/mol. The van der Waals surface area contributed by atoms with Gasteiger partial charge in [-0.1, -0.05) is 6.08 Å². The zero-order valence-electron chi connectivity index (χ0n) is 9.79. The molecule has 15 heavy (non-hydrogen) atoms. The van der Waals surface area contributed by atoms with Crippen LogP contribution < -0.4 is 5.32 Å². The molecule has 4 nitrogen and oxygen atoms in total. The number of esters is 1. The van der Waals surface area contributed by atoms with Gasteiger partial charge in [0.1, 0.15) is 11.6 Å². The zero-order valence-corrected chi connectivity index (χ0v) is 9.79. The normalized spacial score (nSPS) is 12.8. The van der Waals surface area contributed by atoms with Crippen LogP contribution in [0.2, 0.25) is 0 Å². The summed E-state index contributed by atoms with van der Waals surface area (Å²) in [5, 5.41) is 2.52. The number of amides is 1. The highest BCUT2D eigenvalue weighted by Crippen LogP contribution is 2.08. The van der Waals surface area contributed by atoms with Crippen molar-refractivity contribution >= 4 is 11.9 Å². The van der Waals surface area contributed by atoms with Crippen LogP contribution >= 0.6 is 0 Å². The first kappa shape index (κ1) is 13.7. The molecule has 0 fully saturated rings. The van der Waals surface area contributed by atoms with Crippen molar-refractivity contribution in [3.8, 4) is 0 Å². The van der Waals surface area contributed by atoms with Crippen molar-refractivity contribution in [1.82, 2.24) is 5.32 Å². The van der Waals surface area contributed by atoms with E-state index in [2.05, 4.69) is 11.9 Å². The van der Waals surface area contributed by atoms with Gasteiger partial charge in [-0.05, 0) is 27.7 Å². The van der Waals surface area contributed by atoms with Gasteiger partial charge in [0.05, 0.1) is 0 Å². The number of hydrogen-bond donors (Lipinski definition) is 1. The lowest BCUT2D eigenvalue weighted by atomic mass is 10.2. The van der Waals surface area contributed by atoms with E-state index in [1.165, 1.54) is 6.08 Å². The maximum atomic E-state index is 11.4. The van der Waals surface area contributed by atoms with E-state index in [0.717, 1.165) is 0 Å². The van der Waals surface area contributed by atoms with Crippen LogP contribution in [0.5, 0.6) is 0 Å². The minimum absolute atomic E-state index is 0.202. The molecule has 1 N–H and O–H groups in total. The van der Waals surface area contributed by atoms with Crippen molar-refractivity contribution in [3.63, 3.8) is 0 Å². The van der Waals surface area contributed by atoms with Gasteiger partial charge in [-0.25, -0.2) is 4.79 Å². The Morgan fingerprint density at radius 3 is 2.40 bits per heavy atom. The van der Waals surface area contributed by atoms with Gasteiger partial charge in [0.2, 0.25) is 5.91 Å². The van der Waals surface area contributed by atoms with Gasteiger partial charge >= 0.3 is 5.97 Å². The summed E-state index contributed by atoms with van der Waals surface area (Å²) in [4.78, 5) is 22.6. The molecule has 0 aliphatic rings. The third-order valence-corrected chi connectivity index (χ3v) is 1.47. The van der Waals surface area contributed by atoms with E-state index in [4.69, 9.17) is 4.74 Å². The highest BCUT2D eigenvalue weighted by molar-refractivity contribution is 5.84. The van der Waals surface area contributed by atoms with E-state index in [0.29, 0.717) is 0 Å². The van der Waals surface area contributed by atoms with Crippen LogP contribution in [-0.4, -0.2) is 23.5 Å². The van der Waals surface area contributed by atoms with Crippen LogP contribution in [0.3, 0.4) is 0 Å². The summed E-state index contributed by atoms with van der Waals surface area (Å²) in [5.41, 5.74) is -0.533. The first-order chi connectivity index (χ1) is 6.76. The molecule has 0 saturated carbocycles. The molecule has 0 aliphatic carbocycles. The lowest BCUT2D eigenvalue weighted by Gasteiger charge is -2.22. The Kier molecular flexibility index (Phi) is 5.05. The van der Waals surface area contributed by atoms with Crippen LogP contribution in [0, 0.1) is 0 Å². The molecule has 0 aromatic heterocycles. The van der Waals surface area contributed by atoms with Crippen molar-refractivity contribution in [1.29, 1.82) is 0 Å². The summed E-state index contributed by atoms with van der Waals surface area (Å²) < 4.78 is 5.10. The third kappa shape index (κ3) is 6.71. The lowest BCUT2D eigenvalue weighted by Crippen LogP contribution is -2.41. The summed E-state index contributed by atoms with van der Waals surface area (Å²) >= 11 is 0. The molecule has 0 aromatic rings. The SMILES string of the molecule is C=CCC(=O)N[C@@H](C)C(=O)OC(C)(C)C. The van der Waals surface area contributed by atoms with Gasteiger partial charge < -0.3 is 10.1 Å². The van der Waals surface area contributed by atoms with Crippen LogP contribution in [0.4, 0.5) is 0 Å². The van der Waals surface area contributed by atoms with E-state index in [1.807, 2.05) is 0 Å². The molecule has 0 aromatic carbocycles. The van der Waals surface area contributed by atoms with Crippen molar-refractivity contribution < 1.29 is 14.3 Å². The predicted octanol–water partition coefficient (Wildman–Crippen LogP) is 1.41. The first-order valence-corrected chi connectivity index (χ1v) is 4.89. The minimum atomic E-state index is -0.628. The molecule has 0 radical (unpaired) electrons. The highest BCUT2D eigenvalue weighted by atomic mass is 16.6. The van der Waals surface area contributed by atoms with Crippen LogP contribution in [0.25, 0.3) is 0 Å². The van der Waals surface area contributed by atoms with Gasteiger partial charge in [0.15, 0.2) is 0 Å². The largest absolute Gasteiger partial charge is 0.458 e. The number of nitrogens with one attached hydrogen (secondary N) is 1. The molecule has 0 spiro atoms. The Balaban J connectivity index is 4.10. The Bertz CT molecular complexity index is 253. The molecular weight excluding hydrogens is 194 g/mol. The third-order valence-electron chi connectivity index (χ3n) is 1.47. The fourth-order valence-corrected chi connectivity index (χ4v) is 0.881. The number of ether oxygens (including phenoxy) is 1. The van der Waals surface area contributed by atoms with E-state index < -0.39 is 17.6 Å². The molecule has 1 atom stereocenters. The maximum Gasteiger partial charge on any atom is 0.328 e. The van der Waals surface area contributed by atoms with Crippen LogP contribution in [-0.2, 0) is 14.3 Å². The average Bonchev–Trinajstić information content (AvgIpc) is 2.00. The topological polar surface area (TPSA) is 55.4 Å². The average molecular weight is 213 g/mol. The second-order valence-corrected chi connectivity index (χ2v) is 4.32. The van der Waals surface area contributed by atoms with Crippen LogP contribution in [0.15, 0.2) is 12.7 Å². The second-order valence-electron chi connectivity index (χ2n) is 4.32. The molecule has 86 valence electrons. The summed E-state index contributed by atoms with van der Waals surface area (Å²) in [6.45, 7) is 10.4.